The van der Waals surface area contributed by atoms with Gasteiger partial charge in [0.25, 0.3) is 0 Å². The number of amides is 2. The van der Waals surface area contributed by atoms with Crippen LogP contribution in [0, 0.1) is 6.92 Å². The number of benzene rings is 1. The second-order valence-electron chi connectivity index (χ2n) is 4.23. The van der Waals surface area contributed by atoms with Crippen LogP contribution in [0.3, 0.4) is 0 Å². The van der Waals surface area contributed by atoms with Crippen LogP contribution >= 0.6 is 23.2 Å². The zero-order chi connectivity index (χ0) is 16.1. The molecule has 0 saturated heterocycles. The number of anilines is 1. The Morgan fingerprint density at radius 1 is 1.18 bits per heavy atom. The van der Waals surface area contributed by atoms with E-state index in [2.05, 4.69) is 15.8 Å². The molecule has 0 unspecified atom stereocenters. The highest BCUT2D eigenvalue weighted by Gasteiger charge is 2.14. The summed E-state index contributed by atoms with van der Waals surface area (Å²) >= 11 is 11.7. The summed E-state index contributed by atoms with van der Waals surface area (Å²) in [7, 11) is 0. The summed E-state index contributed by atoms with van der Waals surface area (Å²) in [5.74, 6) is -0.704. The molecule has 0 saturated carbocycles. The van der Waals surface area contributed by atoms with Crippen molar-refractivity contribution < 1.29 is 14.0 Å². The van der Waals surface area contributed by atoms with Crippen molar-refractivity contribution in [3.63, 3.8) is 0 Å². The van der Waals surface area contributed by atoms with E-state index in [1.807, 2.05) is 0 Å². The number of furan rings is 1. The molecule has 0 atom stereocenters. The molecule has 0 aliphatic heterocycles. The largest absolute Gasteiger partial charge is 0.460 e. The fourth-order valence-electron chi connectivity index (χ4n) is 1.50. The third-order valence-electron chi connectivity index (χ3n) is 2.50. The zero-order valence-corrected chi connectivity index (χ0v) is 12.9. The molecule has 1 heterocycles. The summed E-state index contributed by atoms with van der Waals surface area (Å²) in [5, 5.41) is 6.60. The minimum absolute atomic E-state index is 0.236. The van der Waals surface area contributed by atoms with Gasteiger partial charge in [-0.05, 0) is 37.3 Å². The van der Waals surface area contributed by atoms with E-state index in [1.165, 1.54) is 18.3 Å². The Labute approximate surface area is 136 Å². The molecular formula is C14H11Cl2N3O3. The summed E-state index contributed by atoms with van der Waals surface area (Å²) in [4.78, 5) is 23.3. The second kappa shape index (κ2) is 7.11. The smallest absolute Gasteiger partial charge is 0.329 e. The van der Waals surface area contributed by atoms with Crippen LogP contribution < -0.4 is 10.7 Å². The van der Waals surface area contributed by atoms with Crippen LogP contribution in [-0.2, 0) is 9.59 Å². The Hall–Kier alpha value is -2.31. The number of aryl methyl sites for hydroxylation is 1. The van der Waals surface area contributed by atoms with Crippen molar-refractivity contribution in [1.29, 1.82) is 0 Å². The molecule has 2 amide bonds. The number of carbonyl (C=O) groups is 2. The van der Waals surface area contributed by atoms with Crippen LogP contribution in [0.15, 0.2) is 39.9 Å². The maximum Gasteiger partial charge on any atom is 0.329 e. The van der Waals surface area contributed by atoms with Gasteiger partial charge < -0.3 is 9.73 Å². The van der Waals surface area contributed by atoms with Gasteiger partial charge in [0.2, 0.25) is 0 Å². The summed E-state index contributed by atoms with van der Waals surface area (Å²) in [5.41, 5.74) is 2.31. The minimum Gasteiger partial charge on any atom is -0.460 e. The molecule has 22 heavy (non-hydrogen) atoms. The molecular weight excluding hydrogens is 329 g/mol. The van der Waals surface area contributed by atoms with Gasteiger partial charge in [-0.3, -0.25) is 9.59 Å². The van der Waals surface area contributed by atoms with Crippen molar-refractivity contribution in [1.82, 2.24) is 5.43 Å². The fourth-order valence-corrected chi connectivity index (χ4v) is 1.84. The van der Waals surface area contributed by atoms with E-state index >= 15 is 0 Å². The minimum atomic E-state index is -0.949. The van der Waals surface area contributed by atoms with Gasteiger partial charge >= 0.3 is 11.8 Å². The Morgan fingerprint density at radius 3 is 2.64 bits per heavy atom. The van der Waals surface area contributed by atoms with E-state index in [4.69, 9.17) is 27.6 Å². The Morgan fingerprint density at radius 2 is 1.95 bits per heavy atom. The first-order valence-electron chi connectivity index (χ1n) is 6.11. The highest BCUT2D eigenvalue weighted by molar-refractivity contribution is 6.42. The van der Waals surface area contributed by atoms with Crippen molar-refractivity contribution >= 4 is 46.9 Å². The predicted molar refractivity (Wildman–Crippen MR) is 84.3 cm³/mol. The van der Waals surface area contributed by atoms with Crippen molar-refractivity contribution in [2.45, 2.75) is 6.92 Å². The number of hydrogen-bond donors (Lipinski definition) is 2. The van der Waals surface area contributed by atoms with Gasteiger partial charge in [-0.2, -0.15) is 5.10 Å². The van der Waals surface area contributed by atoms with Crippen LogP contribution in [0.4, 0.5) is 5.69 Å². The van der Waals surface area contributed by atoms with Gasteiger partial charge in [0, 0.05) is 5.02 Å². The third kappa shape index (κ3) is 4.34. The standard InChI is InChI=1S/C14H11Cl2N3O3/c1-8-2-4-10(22-8)7-17-19-14(21)13(20)18-12-6-9(15)3-5-11(12)16/h2-7H,1H3,(H,18,20)(H,19,21)/b17-7+. The molecule has 6 nitrogen and oxygen atoms in total. The highest BCUT2D eigenvalue weighted by Crippen LogP contribution is 2.25. The van der Waals surface area contributed by atoms with Gasteiger partial charge in [0.15, 0.2) is 0 Å². The van der Waals surface area contributed by atoms with Gasteiger partial charge in [-0.15, -0.1) is 0 Å². The molecule has 0 aliphatic carbocycles. The molecule has 0 fully saturated rings. The first-order chi connectivity index (χ1) is 10.5. The maximum absolute atomic E-state index is 11.7. The van der Waals surface area contributed by atoms with Crippen molar-refractivity contribution in [2.75, 3.05) is 5.32 Å². The van der Waals surface area contributed by atoms with Gasteiger partial charge in [0.05, 0.1) is 16.9 Å². The van der Waals surface area contributed by atoms with Crippen LogP contribution in [0.1, 0.15) is 11.5 Å². The first-order valence-corrected chi connectivity index (χ1v) is 6.87. The normalized spacial score (nSPS) is 10.7. The lowest BCUT2D eigenvalue weighted by atomic mass is 10.3. The average molecular weight is 340 g/mol. The summed E-state index contributed by atoms with van der Waals surface area (Å²) in [6, 6.07) is 7.93. The lowest BCUT2D eigenvalue weighted by Crippen LogP contribution is -2.32. The Kier molecular flexibility index (Phi) is 5.19. The number of rotatable bonds is 3. The van der Waals surface area contributed by atoms with Crippen molar-refractivity contribution in [2.24, 2.45) is 5.10 Å². The van der Waals surface area contributed by atoms with E-state index in [1.54, 1.807) is 25.1 Å². The number of hydrogen-bond acceptors (Lipinski definition) is 4. The Balaban J connectivity index is 1.93. The fraction of sp³-hybridized carbons (Fsp3) is 0.0714. The molecule has 8 heteroatoms. The molecule has 1 aromatic heterocycles. The summed E-state index contributed by atoms with van der Waals surface area (Å²) in [6.45, 7) is 1.78. The molecule has 2 aromatic rings. The Bertz CT molecular complexity index is 741. The monoisotopic (exact) mass is 339 g/mol. The molecule has 1 aromatic carbocycles. The van der Waals surface area contributed by atoms with E-state index in [-0.39, 0.29) is 10.7 Å². The lowest BCUT2D eigenvalue weighted by molar-refractivity contribution is -0.136. The van der Waals surface area contributed by atoms with Crippen LogP contribution in [0.5, 0.6) is 0 Å². The molecule has 2 rings (SSSR count). The van der Waals surface area contributed by atoms with E-state index < -0.39 is 11.8 Å². The number of nitrogens with one attached hydrogen (secondary N) is 2. The molecule has 2 N–H and O–H groups in total. The van der Waals surface area contributed by atoms with Gasteiger partial charge in [0.1, 0.15) is 11.5 Å². The molecule has 0 spiro atoms. The quantitative estimate of drug-likeness (QED) is 0.512. The lowest BCUT2D eigenvalue weighted by Gasteiger charge is -2.06. The predicted octanol–water partition coefficient (Wildman–Crippen LogP) is 2.98. The van der Waals surface area contributed by atoms with Gasteiger partial charge in [-0.1, -0.05) is 23.2 Å². The SMILES string of the molecule is Cc1ccc(/C=N/NC(=O)C(=O)Nc2cc(Cl)ccc2Cl)o1. The van der Waals surface area contributed by atoms with E-state index in [0.29, 0.717) is 16.5 Å². The van der Waals surface area contributed by atoms with E-state index in [0.717, 1.165) is 0 Å². The number of carbonyl (C=O) groups excluding carboxylic acids is 2. The molecule has 114 valence electrons. The first kappa shape index (κ1) is 16.1. The molecule has 0 bridgehead atoms. The van der Waals surface area contributed by atoms with Crippen LogP contribution in [0.2, 0.25) is 10.0 Å². The average Bonchev–Trinajstić information content (AvgIpc) is 2.88. The number of hydrazone groups is 1. The van der Waals surface area contributed by atoms with Crippen molar-refractivity contribution in [3.8, 4) is 0 Å². The number of halogens is 2. The molecule has 0 radical (unpaired) electrons. The zero-order valence-electron chi connectivity index (χ0n) is 11.4. The summed E-state index contributed by atoms with van der Waals surface area (Å²) in [6.07, 6.45) is 1.28. The molecule has 0 aliphatic rings. The third-order valence-corrected chi connectivity index (χ3v) is 3.07. The van der Waals surface area contributed by atoms with Crippen LogP contribution in [-0.4, -0.2) is 18.0 Å². The van der Waals surface area contributed by atoms with Crippen molar-refractivity contribution in [3.05, 3.63) is 51.9 Å². The summed E-state index contributed by atoms with van der Waals surface area (Å²) < 4.78 is 5.22. The second-order valence-corrected chi connectivity index (χ2v) is 5.07. The van der Waals surface area contributed by atoms with Crippen LogP contribution in [0.25, 0.3) is 0 Å². The highest BCUT2D eigenvalue weighted by atomic mass is 35.5. The van der Waals surface area contributed by atoms with E-state index in [9.17, 15) is 9.59 Å². The van der Waals surface area contributed by atoms with Gasteiger partial charge in [-0.25, -0.2) is 5.43 Å². The number of nitrogens with zero attached hydrogens (tertiary/aromatic N) is 1. The maximum atomic E-state index is 11.7. The topological polar surface area (TPSA) is 83.7 Å².